The number of hydrogen-bond acceptors (Lipinski definition) is 7. The Morgan fingerprint density at radius 1 is 1.47 bits per heavy atom. The molecule has 17 heavy (non-hydrogen) atoms. The molecule has 1 saturated heterocycles. The highest BCUT2D eigenvalue weighted by atomic mass is 32.2. The first-order valence-corrected chi connectivity index (χ1v) is 7.35. The summed E-state index contributed by atoms with van der Waals surface area (Å²) in [7, 11) is 0. The molecule has 6 nitrogen and oxygen atoms in total. The third-order valence-corrected chi connectivity index (χ3v) is 5.07. The molecular weight excluding hydrogens is 260 g/mol. The van der Waals surface area contributed by atoms with E-state index in [0.717, 1.165) is 12.3 Å². The van der Waals surface area contributed by atoms with Gasteiger partial charge in [-0.2, -0.15) is 23.5 Å². The van der Waals surface area contributed by atoms with Gasteiger partial charge in [-0.05, 0) is 0 Å². The number of thioether (sulfide) groups is 2. The fourth-order valence-electron chi connectivity index (χ4n) is 1.37. The van der Waals surface area contributed by atoms with Crippen molar-refractivity contribution in [1.29, 1.82) is 0 Å². The summed E-state index contributed by atoms with van der Waals surface area (Å²) in [6, 6.07) is 0. The van der Waals surface area contributed by atoms with Crippen LogP contribution in [-0.4, -0.2) is 43.9 Å². The number of anilines is 1. The molecule has 1 aromatic rings. The van der Waals surface area contributed by atoms with Gasteiger partial charge in [-0.25, -0.2) is 9.97 Å². The Hall–Kier alpha value is -1.02. The van der Waals surface area contributed by atoms with Crippen molar-refractivity contribution in [2.75, 3.05) is 29.1 Å². The van der Waals surface area contributed by atoms with Crippen LogP contribution in [-0.2, 0) is 0 Å². The van der Waals surface area contributed by atoms with Crippen LogP contribution in [0, 0.1) is 10.1 Å². The quantitative estimate of drug-likeness (QED) is 0.659. The van der Waals surface area contributed by atoms with Gasteiger partial charge < -0.3 is 5.32 Å². The van der Waals surface area contributed by atoms with Crippen LogP contribution in [0.1, 0.15) is 0 Å². The lowest BCUT2D eigenvalue weighted by atomic mass is 10.4. The van der Waals surface area contributed by atoms with Crippen molar-refractivity contribution in [2.24, 2.45) is 0 Å². The molecule has 1 atom stereocenters. The molecule has 0 aromatic carbocycles. The molecule has 1 fully saturated rings. The maximum absolute atomic E-state index is 10.4. The second kappa shape index (κ2) is 6.06. The van der Waals surface area contributed by atoms with Gasteiger partial charge in [-0.1, -0.05) is 0 Å². The number of nitrogens with one attached hydrogen (secondary N) is 1. The molecule has 8 heteroatoms. The van der Waals surface area contributed by atoms with Crippen LogP contribution in [0.3, 0.4) is 0 Å². The Morgan fingerprint density at radius 2 is 2.24 bits per heavy atom. The maximum Gasteiger partial charge on any atom is 0.305 e. The minimum Gasteiger partial charge on any atom is -0.353 e. The molecular formula is C9H12N4O2S2. The van der Waals surface area contributed by atoms with Gasteiger partial charge in [0.1, 0.15) is 12.4 Å². The lowest BCUT2D eigenvalue weighted by Crippen LogP contribution is -2.23. The van der Waals surface area contributed by atoms with Crippen molar-refractivity contribution in [3.63, 3.8) is 0 Å². The van der Waals surface area contributed by atoms with E-state index in [4.69, 9.17) is 0 Å². The van der Waals surface area contributed by atoms with Crippen molar-refractivity contribution in [2.45, 2.75) is 5.25 Å². The number of rotatable bonds is 4. The lowest BCUT2D eigenvalue weighted by molar-refractivity contribution is -0.385. The predicted octanol–water partition coefficient (Wildman–Crippen LogP) is 1.65. The topological polar surface area (TPSA) is 81.0 Å². The van der Waals surface area contributed by atoms with Gasteiger partial charge >= 0.3 is 5.69 Å². The third-order valence-electron chi connectivity index (χ3n) is 2.22. The van der Waals surface area contributed by atoms with Gasteiger partial charge in [-0.15, -0.1) is 0 Å². The number of nitrogens with zero attached hydrogens (tertiary/aromatic N) is 3. The molecule has 0 amide bonds. The van der Waals surface area contributed by atoms with Gasteiger partial charge in [0.05, 0.1) is 4.92 Å². The first kappa shape index (κ1) is 12.4. The minimum atomic E-state index is -0.503. The second-order valence-corrected chi connectivity index (χ2v) is 6.03. The van der Waals surface area contributed by atoms with E-state index in [9.17, 15) is 10.1 Å². The smallest absolute Gasteiger partial charge is 0.305 e. The second-order valence-electron chi connectivity index (χ2n) is 3.47. The number of hydrogen-bond donors (Lipinski definition) is 1. The van der Waals surface area contributed by atoms with Crippen molar-refractivity contribution in [1.82, 2.24) is 9.97 Å². The van der Waals surface area contributed by atoms with Crippen LogP contribution in [0.15, 0.2) is 12.4 Å². The summed E-state index contributed by atoms with van der Waals surface area (Å²) < 4.78 is 0. The Labute approximate surface area is 107 Å². The van der Waals surface area contributed by atoms with Gasteiger partial charge in [0.2, 0.25) is 5.95 Å². The van der Waals surface area contributed by atoms with Crippen molar-refractivity contribution in [3.8, 4) is 0 Å². The summed E-state index contributed by atoms with van der Waals surface area (Å²) in [5.74, 6) is 3.98. The molecule has 0 spiro atoms. The summed E-state index contributed by atoms with van der Waals surface area (Å²) in [6.07, 6.45) is 2.44. The predicted molar refractivity (Wildman–Crippen MR) is 70.7 cm³/mol. The summed E-state index contributed by atoms with van der Waals surface area (Å²) >= 11 is 3.90. The zero-order valence-electron chi connectivity index (χ0n) is 9.04. The zero-order valence-corrected chi connectivity index (χ0v) is 10.7. The molecule has 0 saturated carbocycles. The monoisotopic (exact) mass is 272 g/mol. The highest BCUT2D eigenvalue weighted by Crippen LogP contribution is 2.23. The van der Waals surface area contributed by atoms with Crippen molar-refractivity contribution in [3.05, 3.63) is 22.5 Å². The molecule has 2 heterocycles. The fraction of sp³-hybridized carbons (Fsp3) is 0.556. The van der Waals surface area contributed by atoms with Gasteiger partial charge in [0.25, 0.3) is 0 Å². The number of aromatic nitrogens is 2. The third kappa shape index (κ3) is 3.74. The highest BCUT2D eigenvalue weighted by Gasteiger charge is 2.14. The van der Waals surface area contributed by atoms with Crippen LogP contribution >= 0.6 is 23.5 Å². The first-order chi connectivity index (χ1) is 8.25. The normalized spacial score (nSPS) is 19.9. The molecule has 92 valence electrons. The molecule has 1 aromatic heterocycles. The largest absolute Gasteiger partial charge is 0.353 e. The maximum atomic E-state index is 10.4. The molecule has 0 radical (unpaired) electrons. The SMILES string of the molecule is O=[N+]([O-])c1cnc(NCC2CSCCS2)nc1. The average molecular weight is 272 g/mol. The Kier molecular flexibility index (Phi) is 4.43. The van der Waals surface area contributed by atoms with E-state index >= 15 is 0 Å². The molecule has 1 N–H and O–H groups in total. The molecule has 1 aliphatic heterocycles. The summed E-state index contributed by atoms with van der Waals surface area (Å²) in [6.45, 7) is 0.801. The first-order valence-electron chi connectivity index (χ1n) is 5.15. The lowest BCUT2D eigenvalue weighted by Gasteiger charge is -2.20. The van der Waals surface area contributed by atoms with E-state index in [2.05, 4.69) is 15.3 Å². The summed E-state index contributed by atoms with van der Waals surface area (Å²) in [4.78, 5) is 17.7. The van der Waals surface area contributed by atoms with E-state index in [1.807, 2.05) is 23.5 Å². The number of nitro groups is 1. The Balaban J connectivity index is 1.84. The average Bonchev–Trinajstić information content (AvgIpc) is 2.38. The van der Waals surface area contributed by atoms with E-state index in [0.29, 0.717) is 11.2 Å². The van der Waals surface area contributed by atoms with Crippen LogP contribution in [0.25, 0.3) is 0 Å². The van der Waals surface area contributed by atoms with E-state index < -0.39 is 4.92 Å². The Bertz CT molecular complexity index is 381. The van der Waals surface area contributed by atoms with E-state index in [1.54, 1.807) is 0 Å². The molecule has 1 unspecified atom stereocenters. The van der Waals surface area contributed by atoms with Gasteiger partial charge in [0, 0.05) is 29.1 Å². The molecule has 0 bridgehead atoms. The van der Waals surface area contributed by atoms with Crippen LogP contribution in [0.4, 0.5) is 11.6 Å². The van der Waals surface area contributed by atoms with Crippen LogP contribution in [0.2, 0.25) is 0 Å². The van der Waals surface area contributed by atoms with Gasteiger partial charge in [-0.3, -0.25) is 10.1 Å². The molecule has 1 aliphatic rings. The van der Waals surface area contributed by atoms with Crippen LogP contribution < -0.4 is 5.32 Å². The zero-order chi connectivity index (χ0) is 12.1. The summed E-state index contributed by atoms with van der Waals surface area (Å²) in [5.41, 5.74) is -0.0850. The molecule has 0 aliphatic carbocycles. The molecule has 2 rings (SSSR count). The van der Waals surface area contributed by atoms with Crippen molar-refractivity contribution < 1.29 is 4.92 Å². The minimum absolute atomic E-state index is 0.0850. The fourth-order valence-corrected chi connectivity index (χ4v) is 3.98. The van der Waals surface area contributed by atoms with Crippen LogP contribution in [0.5, 0.6) is 0 Å². The van der Waals surface area contributed by atoms with Crippen molar-refractivity contribution >= 4 is 35.2 Å². The van der Waals surface area contributed by atoms with Gasteiger partial charge in [0.15, 0.2) is 0 Å². The Morgan fingerprint density at radius 3 is 2.82 bits per heavy atom. The standard InChI is InChI=1S/C9H12N4O2S2/c14-13(15)7-3-10-9(11-4-7)12-5-8-6-16-1-2-17-8/h3-4,8H,1-2,5-6H2,(H,10,11,12). The van der Waals surface area contributed by atoms with E-state index in [1.165, 1.54) is 23.9 Å². The van der Waals surface area contributed by atoms with E-state index in [-0.39, 0.29) is 5.69 Å². The highest BCUT2D eigenvalue weighted by molar-refractivity contribution is 8.06. The summed E-state index contributed by atoms with van der Waals surface area (Å²) in [5, 5.41) is 14.1.